The molecule has 22 heavy (non-hydrogen) atoms. The molecule has 0 aromatic heterocycles. The van der Waals surface area contributed by atoms with Crippen LogP contribution in [0.15, 0.2) is 59.1 Å². The molecule has 1 heterocycles. The second kappa shape index (κ2) is 6.29. The quantitative estimate of drug-likeness (QED) is 0.628. The number of hydrazine groups is 1. The van der Waals surface area contributed by atoms with E-state index < -0.39 is 0 Å². The predicted molar refractivity (Wildman–Crippen MR) is 95.6 cm³/mol. The van der Waals surface area contributed by atoms with Crippen LogP contribution in [0.5, 0.6) is 0 Å². The second-order valence-corrected chi connectivity index (χ2v) is 8.93. The van der Waals surface area contributed by atoms with Crippen LogP contribution in [-0.4, -0.2) is 15.0 Å². The van der Waals surface area contributed by atoms with Gasteiger partial charge in [-0.1, -0.05) is 0 Å². The van der Waals surface area contributed by atoms with Gasteiger partial charge in [-0.2, -0.15) is 0 Å². The molecule has 0 aliphatic carbocycles. The molecular weight excluding hydrogens is 335 g/mol. The summed E-state index contributed by atoms with van der Waals surface area (Å²) in [5.41, 5.74) is 10.9. The predicted octanol–water partition coefficient (Wildman–Crippen LogP) is 4.41. The maximum absolute atomic E-state index is 3.53. The van der Waals surface area contributed by atoms with E-state index in [0.717, 1.165) is 5.69 Å². The molecule has 3 rings (SSSR count). The van der Waals surface area contributed by atoms with Crippen LogP contribution in [0.25, 0.3) is 6.08 Å². The molecule has 2 nitrogen and oxygen atoms in total. The first-order chi connectivity index (χ1) is 10.5. The van der Waals surface area contributed by atoms with Gasteiger partial charge in [0.1, 0.15) is 0 Å². The van der Waals surface area contributed by atoms with E-state index in [-0.39, 0.29) is 5.41 Å². The fourth-order valence-corrected chi connectivity index (χ4v) is 5.07. The summed E-state index contributed by atoms with van der Waals surface area (Å²) in [7, 11) is 0. The van der Waals surface area contributed by atoms with Crippen LogP contribution >= 0.6 is 0 Å². The molecule has 2 aromatic carbocycles. The van der Waals surface area contributed by atoms with Gasteiger partial charge in [-0.3, -0.25) is 0 Å². The van der Waals surface area contributed by atoms with Crippen LogP contribution < -0.4 is 10.9 Å². The van der Waals surface area contributed by atoms with Gasteiger partial charge in [0.15, 0.2) is 0 Å². The number of para-hydroxylation sites is 1. The van der Waals surface area contributed by atoms with Crippen molar-refractivity contribution in [2.24, 2.45) is 5.41 Å². The SMILES string of the molecule is CC(C)(C)C1=Cc2ccccc2C(NNc2ccccc2)[Se]1. The standard InChI is InChI=1S/C19H22N2Se/c1-19(2,3)17-13-14-9-7-8-12-16(14)18(22-17)21-20-15-10-5-4-6-11-15/h4-13,18,20-21H,1-3H3. The van der Waals surface area contributed by atoms with E-state index >= 15 is 0 Å². The van der Waals surface area contributed by atoms with E-state index in [1.807, 2.05) is 18.2 Å². The van der Waals surface area contributed by atoms with Crippen molar-refractivity contribution in [1.82, 2.24) is 5.43 Å². The van der Waals surface area contributed by atoms with Crippen molar-refractivity contribution in [3.63, 3.8) is 0 Å². The Morgan fingerprint density at radius 3 is 2.32 bits per heavy atom. The average molecular weight is 357 g/mol. The van der Waals surface area contributed by atoms with E-state index in [0.29, 0.717) is 19.9 Å². The van der Waals surface area contributed by atoms with Crippen molar-refractivity contribution in [2.75, 3.05) is 5.43 Å². The van der Waals surface area contributed by atoms with Crippen LogP contribution in [0, 0.1) is 5.41 Å². The molecule has 1 unspecified atom stereocenters. The minimum absolute atomic E-state index is 0.222. The molecule has 114 valence electrons. The molecule has 0 saturated heterocycles. The Hall–Kier alpha value is -1.54. The zero-order valence-corrected chi connectivity index (χ0v) is 15.0. The molecule has 3 heteroatoms. The van der Waals surface area contributed by atoms with Crippen LogP contribution in [0.4, 0.5) is 5.69 Å². The third-order valence-electron chi connectivity index (χ3n) is 3.67. The van der Waals surface area contributed by atoms with Gasteiger partial charge in [0.05, 0.1) is 0 Å². The van der Waals surface area contributed by atoms with Crippen molar-refractivity contribution in [1.29, 1.82) is 0 Å². The Kier molecular flexibility index (Phi) is 4.39. The number of rotatable bonds is 3. The van der Waals surface area contributed by atoms with Crippen molar-refractivity contribution in [3.8, 4) is 0 Å². The molecule has 0 saturated carbocycles. The van der Waals surface area contributed by atoms with Crippen molar-refractivity contribution in [3.05, 3.63) is 70.2 Å². The van der Waals surface area contributed by atoms with Crippen molar-refractivity contribution >= 4 is 26.7 Å². The van der Waals surface area contributed by atoms with E-state index in [1.54, 1.807) is 4.47 Å². The van der Waals surface area contributed by atoms with Gasteiger partial charge < -0.3 is 0 Å². The minimum atomic E-state index is 0.222. The normalized spacial score (nSPS) is 17.6. The Morgan fingerprint density at radius 2 is 1.59 bits per heavy atom. The zero-order chi connectivity index (χ0) is 15.6. The van der Waals surface area contributed by atoms with Crippen molar-refractivity contribution in [2.45, 2.75) is 25.7 Å². The molecular formula is C19H22N2Se. The maximum atomic E-state index is 3.53. The number of hydrogen-bond donors (Lipinski definition) is 2. The number of benzene rings is 2. The summed E-state index contributed by atoms with van der Waals surface area (Å²) in [6, 6.07) is 19.0. The van der Waals surface area contributed by atoms with Gasteiger partial charge in [0.2, 0.25) is 0 Å². The van der Waals surface area contributed by atoms with Gasteiger partial charge in [-0.05, 0) is 0 Å². The first-order valence-corrected chi connectivity index (χ1v) is 9.43. The number of nitrogens with one attached hydrogen (secondary N) is 2. The first-order valence-electron chi connectivity index (χ1n) is 7.58. The summed E-state index contributed by atoms with van der Waals surface area (Å²) < 4.78 is 1.55. The number of hydrogen-bond acceptors (Lipinski definition) is 2. The fourth-order valence-electron chi connectivity index (χ4n) is 2.42. The Labute approximate surface area is 139 Å². The summed E-state index contributed by atoms with van der Waals surface area (Å²) in [5, 5.41) is 0. The molecule has 2 aromatic rings. The van der Waals surface area contributed by atoms with E-state index in [2.05, 4.69) is 74.1 Å². The van der Waals surface area contributed by atoms with Crippen LogP contribution in [0.1, 0.15) is 36.8 Å². The summed E-state index contributed by atoms with van der Waals surface area (Å²) in [6.45, 7) is 6.91. The second-order valence-electron chi connectivity index (χ2n) is 6.52. The van der Waals surface area contributed by atoms with Gasteiger partial charge in [-0.25, -0.2) is 0 Å². The third-order valence-corrected chi connectivity index (χ3v) is 7.01. The summed E-state index contributed by atoms with van der Waals surface area (Å²) in [4.78, 5) is 0.350. The number of anilines is 1. The Balaban J connectivity index is 1.84. The van der Waals surface area contributed by atoms with E-state index in [4.69, 9.17) is 0 Å². The summed E-state index contributed by atoms with van der Waals surface area (Å²) in [6.07, 6.45) is 2.38. The first kappa shape index (κ1) is 15.4. The Morgan fingerprint density at radius 1 is 0.909 bits per heavy atom. The zero-order valence-electron chi connectivity index (χ0n) is 13.3. The van der Waals surface area contributed by atoms with Crippen LogP contribution in [0.2, 0.25) is 0 Å². The molecule has 0 amide bonds. The molecule has 1 atom stereocenters. The van der Waals surface area contributed by atoms with Crippen LogP contribution in [-0.2, 0) is 0 Å². The van der Waals surface area contributed by atoms with Gasteiger partial charge in [0.25, 0.3) is 0 Å². The molecule has 2 N–H and O–H groups in total. The van der Waals surface area contributed by atoms with Gasteiger partial charge >= 0.3 is 139 Å². The molecule has 0 radical (unpaired) electrons. The summed E-state index contributed by atoms with van der Waals surface area (Å²) in [5.74, 6) is 0. The average Bonchev–Trinajstić information content (AvgIpc) is 2.52. The molecule has 1 aliphatic heterocycles. The van der Waals surface area contributed by atoms with E-state index in [9.17, 15) is 0 Å². The number of allylic oxidation sites excluding steroid dienone is 1. The topological polar surface area (TPSA) is 24.1 Å². The fraction of sp³-hybridized carbons (Fsp3) is 0.263. The molecule has 0 spiro atoms. The monoisotopic (exact) mass is 358 g/mol. The molecule has 0 bridgehead atoms. The Bertz CT molecular complexity index is 671. The molecule has 1 aliphatic rings. The summed E-state index contributed by atoms with van der Waals surface area (Å²) >= 11 is 0.383. The van der Waals surface area contributed by atoms with Gasteiger partial charge in [-0.15, -0.1) is 0 Å². The van der Waals surface area contributed by atoms with Crippen LogP contribution in [0.3, 0.4) is 0 Å². The van der Waals surface area contributed by atoms with Crippen molar-refractivity contribution < 1.29 is 0 Å². The molecule has 0 fully saturated rings. The third kappa shape index (κ3) is 3.44. The van der Waals surface area contributed by atoms with Gasteiger partial charge in [0, 0.05) is 0 Å². The van der Waals surface area contributed by atoms with E-state index in [1.165, 1.54) is 11.1 Å². The number of fused-ring (bicyclic) bond motifs is 1.